The highest BCUT2D eigenvalue weighted by Gasteiger charge is 2.31. The van der Waals surface area contributed by atoms with Gasteiger partial charge in [-0.2, -0.15) is 0 Å². The van der Waals surface area contributed by atoms with E-state index in [2.05, 4.69) is 20.3 Å². The number of anilines is 1. The van der Waals surface area contributed by atoms with Crippen molar-refractivity contribution in [2.24, 2.45) is 0 Å². The molecule has 0 spiro atoms. The van der Waals surface area contributed by atoms with E-state index in [0.717, 1.165) is 25.9 Å². The zero-order chi connectivity index (χ0) is 17.7. The molecule has 1 saturated heterocycles. The summed E-state index contributed by atoms with van der Waals surface area (Å²) in [6.45, 7) is 3.48. The van der Waals surface area contributed by atoms with Crippen molar-refractivity contribution in [1.29, 1.82) is 0 Å². The molecule has 2 atom stereocenters. The topological polar surface area (TPSA) is 53.6 Å². The Morgan fingerprint density at radius 1 is 1.32 bits per heavy atom. The van der Waals surface area contributed by atoms with Crippen LogP contribution in [0.2, 0.25) is 0 Å². The maximum atomic E-state index is 12.3. The van der Waals surface area contributed by atoms with E-state index in [1.807, 2.05) is 14.0 Å². The molecule has 0 bridgehead atoms. The number of likely N-dealkylation sites (tertiary alicyclic amines) is 1. The molecular formula is C16H23ClF3N3O2. The lowest BCUT2D eigenvalue weighted by atomic mass is 10.0. The summed E-state index contributed by atoms with van der Waals surface area (Å²) in [6.07, 6.45) is -2.62. The van der Waals surface area contributed by atoms with Gasteiger partial charge in [0, 0.05) is 18.3 Å². The molecule has 0 aromatic heterocycles. The fourth-order valence-corrected chi connectivity index (χ4v) is 2.75. The van der Waals surface area contributed by atoms with Gasteiger partial charge >= 0.3 is 6.36 Å². The van der Waals surface area contributed by atoms with Crippen LogP contribution >= 0.6 is 12.4 Å². The molecule has 1 heterocycles. The number of piperidine rings is 1. The van der Waals surface area contributed by atoms with Crippen molar-refractivity contribution in [3.05, 3.63) is 24.3 Å². The Morgan fingerprint density at radius 3 is 2.52 bits per heavy atom. The minimum atomic E-state index is -4.72. The van der Waals surface area contributed by atoms with Crippen molar-refractivity contribution in [3.8, 4) is 5.75 Å². The van der Waals surface area contributed by atoms with Crippen LogP contribution in [0.5, 0.6) is 5.75 Å². The second-order valence-corrected chi connectivity index (χ2v) is 5.86. The Morgan fingerprint density at radius 2 is 1.96 bits per heavy atom. The van der Waals surface area contributed by atoms with E-state index in [1.165, 1.54) is 24.3 Å². The number of carbonyl (C=O) groups excluding carboxylic acids is 1. The van der Waals surface area contributed by atoms with E-state index < -0.39 is 6.36 Å². The van der Waals surface area contributed by atoms with Crippen LogP contribution in [0.1, 0.15) is 19.8 Å². The van der Waals surface area contributed by atoms with Crippen molar-refractivity contribution in [2.75, 3.05) is 25.5 Å². The Hall–Kier alpha value is -1.51. The van der Waals surface area contributed by atoms with Gasteiger partial charge in [0.05, 0.1) is 6.04 Å². The van der Waals surface area contributed by atoms with E-state index in [0.29, 0.717) is 11.7 Å². The van der Waals surface area contributed by atoms with Crippen LogP contribution in [0.15, 0.2) is 24.3 Å². The Bertz CT molecular complexity index is 555. The molecular weight excluding hydrogens is 359 g/mol. The molecule has 5 nitrogen and oxygen atoms in total. The lowest BCUT2D eigenvalue weighted by molar-refractivity contribution is -0.274. The molecule has 25 heavy (non-hydrogen) atoms. The average Bonchev–Trinajstić information content (AvgIpc) is 2.54. The number of nitrogens with one attached hydrogen (secondary N) is 2. The summed E-state index contributed by atoms with van der Waals surface area (Å²) in [6, 6.07) is 5.17. The van der Waals surface area contributed by atoms with Gasteiger partial charge in [0.15, 0.2) is 0 Å². The molecule has 1 aliphatic rings. The number of carbonyl (C=O) groups is 1. The van der Waals surface area contributed by atoms with Crippen molar-refractivity contribution in [1.82, 2.24) is 10.2 Å². The van der Waals surface area contributed by atoms with E-state index in [-0.39, 0.29) is 30.1 Å². The van der Waals surface area contributed by atoms with Crippen LogP contribution in [0.3, 0.4) is 0 Å². The predicted octanol–water partition coefficient (Wildman–Crippen LogP) is 3.02. The molecule has 0 aliphatic carbocycles. The Labute approximate surface area is 151 Å². The number of rotatable bonds is 5. The first-order chi connectivity index (χ1) is 11.3. The van der Waals surface area contributed by atoms with Crippen LogP contribution < -0.4 is 15.4 Å². The quantitative estimate of drug-likeness (QED) is 0.823. The highest BCUT2D eigenvalue weighted by Crippen LogP contribution is 2.24. The summed E-state index contributed by atoms with van der Waals surface area (Å²) in [5.41, 5.74) is 0.434. The molecule has 142 valence electrons. The summed E-state index contributed by atoms with van der Waals surface area (Å²) >= 11 is 0. The van der Waals surface area contributed by atoms with Crippen LogP contribution in [-0.2, 0) is 4.79 Å². The number of alkyl halides is 3. The van der Waals surface area contributed by atoms with Crippen molar-refractivity contribution in [3.63, 3.8) is 0 Å². The monoisotopic (exact) mass is 381 g/mol. The third kappa shape index (κ3) is 6.72. The minimum absolute atomic E-state index is 0. The zero-order valence-electron chi connectivity index (χ0n) is 14.1. The SMILES string of the molecule is CNC1CCCN(C(C)C(=O)Nc2ccc(OC(F)(F)F)cc2)C1.Cl. The van der Waals surface area contributed by atoms with Crippen LogP contribution in [0.25, 0.3) is 0 Å². The van der Waals surface area contributed by atoms with Crippen molar-refractivity contribution in [2.45, 2.75) is 38.2 Å². The molecule has 2 rings (SSSR count). The second-order valence-electron chi connectivity index (χ2n) is 5.86. The molecule has 1 fully saturated rings. The van der Waals surface area contributed by atoms with Gasteiger partial charge in [-0.15, -0.1) is 25.6 Å². The zero-order valence-corrected chi connectivity index (χ0v) is 14.9. The highest BCUT2D eigenvalue weighted by molar-refractivity contribution is 5.94. The van der Waals surface area contributed by atoms with Crippen molar-refractivity contribution < 1.29 is 22.7 Å². The number of likely N-dealkylation sites (N-methyl/N-ethyl adjacent to an activating group) is 1. The fraction of sp³-hybridized carbons (Fsp3) is 0.562. The van der Waals surface area contributed by atoms with Gasteiger partial charge < -0.3 is 15.4 Å². The Kier molecular flexibility index (Phi) is 7.98. The molecule has 2 unspecified atom stereocenters. The normalized spacial score (nSPS) is 19.6. The number of halogens is 4. The minimum Gasteiger partial charge on any atom is -0.406 e. The van der Waals surface area contributed by atoms with Gasteiger partial charge in [0.25, 0.3) is 0 Å². The van der Waals surface area contributed by atoms with Crippen LogP contribution in [0.4, 0.5) is 18.9 Å². The van der Waals surface area contributed by atoms with Gasteiger partial charge in [-0.3, -0.25) is 9.69 Å². The van der Waals surface area contributed by atoms with Gasteiger partial charge in [0.1, 0.15) is 5.75 Å². The molecule has 9 heteroatoms. The summed E-state index contributed by atoms with van der Waals surface area (Å²) in [5, 5.41) is 5.95. The van der Waals surface area contributed by atoms with Gasteiger partial charge in [-0.25, -0.2) is 0 Å². The van der Waals surface area contributed by atoms with Gasteiger partial charge in [-0.1, -0.05) is 0 Å². The first-order valence-corrected chi connectivity index (χ1v) is 7.86. The summed E-state index contributed by atoms with van der Waals surface area (Å²) in [4.78, 5) is 14.4. The fourth-order valence-electron chi connectivity index (χ4n) is 2.75. The summed E-state index contributed by atoms with van der Waals surface area (Å²) in [7, 11) is 1.91. The Balaban J connectivity index is 0.00000312. The smallest absolute Gasteiger partial charge is 0.406 e. The molecule has 0 radical (unpaired) electrons. The standard InChI is InChI=1S/C16H22F3N3O2.ClH/c1-11(22-9-3-4-13(10-22)20-2)15(23)21-12-5-7-14(8-6-12)24-16(17,18)19;/h5-8,11,13,20H,3-4,9-10H2,1-2H3,(H,21,23);1H. The van der Waals surface area contributed by atoms with Crippen LogP contribution in [-0.4, -0.2) is 49.4 Å². The lowest BCUT2D eigenvalue weighted by Crippen LogP contribution is -2.51. The first kappa shape index (κ1) is 21.5. The molecule has 1 aromatic carbocycles. The third-order valence-corrected chi connectivity index (χ3v) is 4.14. The number of hydrogen-bond donors (Lipinski definition) is 2. The largest absolute Gasteiger partial charge is 0.573 e. The predicted molar refractivity (Wildman–Crippen MR) is 92.1 cm³/mol. The summed E-state index contributed by atoms with van der Waals surface area (Å²) in [5.74, 6) is -0.502. The first-order valence-electron chi connectivity index (χ1n) is 7.86. The lowest BCUT2D eigenvalue weighted by Gasteiger charge is -2.35. The number of amides is 1. The molecule has 1 aromatic rings. The maximum Gasteiger partial charge on any atom is 0.573 e. The molecule has 2 N–H and O–H groups in total. The molecule has 1 aliphatic heterocycles. The van der Waals surface area contributed by atoms with E-state index in [4.69, 9.17) is 0 Å². The maximum absolute atomic E-state index is 12.3. The third-order valence-electron chi connectivity index (χ3n) is 4.14. The van der Waals surface area contributed by atoms with Gasteiger partial charge in [-0.05, 0) is 57.6 Å². The van der Waals surface area contributed by atoms with Gasteiger partial charge in [0.2, 0.25) is 5.91 Å². The molecule has 0 saturated carbocycles. The van der Waals surface area contributed by atoms with Crippen LogP contribution in [0, 0.1) is 0 Å². The average molecular weight is 382 g/mol. The number of benzene rings is 1. The van der Waals surface area contributed by atoms with Crippen molar-refractivity contribution >= 4 is 24.0 Å². The van der Waals surface area contributed by atoms with E-state index in [1.54, 1.807) is 0 Å². The number of nitrogens with zero attached hydrogens (tertiary/aromatic N) is 1. The molecule has 1 amide bonds. The summed E-state index contributed by atoms with van der Waals surface area (Å²) < 4.78 is 40.2. The second kappa shape index (κ2) is 9.26. The highest BCUT2D eigenvalue weighted by atomic mass is 35.5. The van der Waals surface area contributed by atoms with E-state index in [9.17, 15) is 18.0 Å². The number of hydrogen-bond acceptors (Lipinski definition) is 4. The van der Waals surface area contributed by atoms with E-state index >= 15 is 0 Å². The number of ether oxygens (including phenoxy) is 1.